The first-order valence-electron chi connectivity index (χ1n) is 5.43. The highest BCUT2D eigenvalue weighted by Gasteiger charge is 2.15. The number of nitrogens with zero attached hydrogens (tertiary/aromatic N) is 1. The van der Waals surface area contributed by atoms with Gasteiger partial charge in [-0.25, -0.2) is 0 Å². The zero-order valence-electron chi connectivity index (χ0n) is 9.88. The molecule has 19 heavy (non-hydrogen) atoms. The lowest BCUT2D eigenvalue weighted by atomic mass is 10.3. The molecule has 0 radical (unpaired) electrons. The van der Waals surface area contributed by atoms with Crippen LogP contribution in [0.2, 0.25) is 0 Å². The summed E-state index contributed by atoms with van der Waals surface area (Å²) in [6.45, 7) is 0.247. The summed E-state index contributed by atoms with van der Waals surface area (Å²) in [5, 5.41) is 10.9. The summed E-state index contributed by atoms with van der Waals surface area (Å²) in [4.78, 5) is 10.4. The molecule has 1 aliphatic rings. The molecule has 0 saturated carbocycles. The van der Waals surface area contributed by atoms with Crippen molar-refractivity contribution in [1.29, 1.82) is 0 Å². The fraction of sp³-hybridized carbons (Fsp3) is 0.143. The standard InChI is InChI=1S/C14H9NO4/c16-15(17)13-8-7-12-11-14(13)19-10-6-4-2-1-3-5-9-18-12/h1-2,7-8,11H,9-10H2/b2-1+. The molecule has 5 nitrogen and oxygen atoms in total. The van der Waals surface area contributed by atoms with Gasteiger partial charge in [-0.05, 0) is 18.2 Å². The van der Waals surface area contributed by atoms with Gasteiger partial charge in [-0.3, -0.25) is 10.1 Å². The third-order valence-electron chi connectivity index (χ3n) is 2.19. The van der Waals surface area contributed by atoms with Crippen LogP contribution in [0, 0.1) is 33.8 Å². The number of hydrogen-bond acceptors (Lipinski definition) is 4. The molecule has 0 N–H and O–H groups in total. The van der Waals surface area contributed by atoms with Gasteiger partial charge >= 0.3 is 5.69 Å². The predicted octanol–water partition coefficient (Wildman–Crippen LogP) is 1.93. The fourth-order valence-corrected chi connectivity index (χ4v) is 1.37. The summed E-state index contributed by atoms with van der Waals surface area (Å²) in [6.07, 6.45) is 3.19. The average Bonchev–Trinajstić information content (AvgIpc) is 2.41. The highest BCUT2D eigenvalue weighted by Crippen LogP contribution is 2.31. The molecule has 0 aliphatic carbocycles. The maximum absolute atomic E-state index is 10.9. The Morgan fingerprint density at radius 3 is 2.47 bits per heavy atom. The van der Waals surface area contributed by atoms with E-state index in [9.17, 15) is 10.1 Å². The molecule has 1 heterocycles. The molecule has 0 spiro atoms. The van der Waals surface area contributed by atoms with Crippen LogP contribution in [-0.4, -0.2) is 18.1 Å². The zero-order valence-corrected chi connectivity index (χ0v) is 9.88. The molecule has 2 bridgehead atoms. The van der Waals surface area contributed by atoms with Crippen LogP contribution in [0.5, 0.6) is 11.5 Å². The third kappa shape index (κ3) is 3.52. The zero-order chi connectivity index (χ0) is 13.5. The summed E-state index contributed by atoms with van der Waals surface area (Å²) in [7, 11) is 0. The highest BCUT2D eigenvalue weighted by atomic mass is 16.6. The minimum atomic E-state index is -0.510. The van der Waals surface area contributed by atoms with Crippen molar-refractivity contribution in [3.05, 3.63) is 40.5 Å². The van der Waals surface area contributed by atoms with Gasteiger partial charge in [0.15, 0.2) is 0 Å². The summed E-state index contributed by atoms with van der Waals surface area (Å²) >= 11 is 0. The van der Waals surface area contributed by atoms with Gasteiger partial charge in [0.1, 0.15) is 19.0 Å². The fourth-order valence-electron chi connectivity index (χ4n) is 1.37. The topological polar surface area (TPSA) is 61.6 Å². The van der Waals surface area contributed by atoms with Crippen LogP contribution in [0.15, 0.2) is 30.4 Å². The minimum absolute atomic E-state index is 0.0576. The van der Waals surface area contributed by atoms with E-state index in [-0.39, 0.29) is 24.7 Å². The Labute approximate surface area is 110 Å². The molecule has 1 aromatic rings. The Balaban J connectivity index is 2.33. The summed E-state index contributed by atoms with van der Waals surface area (Å²) in [6, 6.07) is 4.31. The second kappa shape index (κ2) is 6.13. The van der Waals surface area contributed by atoms with Gasteiger partial charge in [-0.15, -0.1) is 0 Å². The normalized spacial score (nSPS) is 14.5. The molecule has 0 fully saturated rings. The van der Waals surface area contributed by atoms with Crippen molar-refractivity contribution in [3.63, 3.8) is 0 Å². The van der Waals surface area contributed by atoms with E-state index in [2.05, 4.69) is 23.7 Å². The third-order valence-corrected chi connectivity index (χ3v) is 2.19. The summed E-state index contributed by atoms with van der Waals surface area (Å²) < 4.78 is 10.6. The smallest absolute Gasteiger partial charge is 0.311 e. The van der Waals surface area contributed by atoms with E-state index in [1.54, 1.807) is 12.2 Å². The predicted molar refractivity (Wildman–Crippen MR) is 68.8 cm³/mol. The van der Waals surface area contributed by atoms with Gasteiger partial charge in [0.05, 0.1) is 4.92 Å². The second-order valence-corrected chi connectivity index (χ2v) is 3.44. The molecule has 0 amide bonds. The molecule has 94 valence electrons. The number of benzene rings is 1. The van der Waals surface area contributed by atoms with Gasteiger partial charge in [0, 0.05) is 12.1 Å². The van der Waals surface area contributed by atoms with Crippen molar-refractivity contribution in [1.82, 2.24) is 0 Å². The number of fused-ring (bicyclic) bond motifs is 2. The molecule has 5 heteroatoms. The van der Waals surface area contributed by atoms with Crippen LogP contribution in [0.1, 0.15) is 0 Å². The Morgan fingerprint density at radius 1 is 1.11 bits per heavy atom. The first kappa shape index (κ1) is 12.5. The van der Waals surface area contributed by atoms with E-state index < -0.39 is 4.92 Å². The van der Waals surface area contributed by atoms with Crippen LogP contribution in [0.4, 0.5) is 5.69 Å². The molecule has 0 unspecified atom stereocenters. The van der Waals surface area contributed by atoms with E-state index in [0.29, 0.717) is 5.75 Å². The van der Waals surface area contributed by atoms with E-state index in [0.717, 1.165) is 0 Å². The molecule has 0 saturated heterocycles. The van der Waals surface area contributed by atoms with E-state index in [1.165, 1.54) is 18.2 Å². The van der Waals surface area contributed by atoms with Crippen LogP contribution in [0.3, 0.4) is 0 Å². The second-order valence-electron chi connectivity index (χ2n) is 3.44. The van der Waals surface area contributed by atoms with Crippen LogP contribution < -0.4 is 9.47 Å². The number of nitro benzene ring substituents is 1. The Hall–Kier alpha value is -2.92. The summed E-state index contributed by atoms with van der Waals surface area (Å²) in [5.41, 5.74) is -0.120. The monoisotopic (exact) mass is 255 g/mol. The van der Waals surface area contributed by atoms with Crippen molar-refractivity contribution < 1.29 is 14.4 Å². The Kier molecular flexibility index (Phi) is 4.05. The lowest BCUT2D eigenvalue weighted by molar-refractivity contribution is -0.385. The Morgan fingerprint density at radius 2 is 1.79 bits per heavy atom. The van der Waals surface area contributed by atoms with Crippen molar-refractivity contribution in [2.75, 3.05) is 13.2 Å². The SMILES string of the molecule is O=[N+]([O-])c1ccc2cc1OCC#C/C=C/C#CCO2. The van der Waals surface area contributed by atoms with Crippen LogP contribution in [0.25, 0.3) is 0 Å². The van der Waals surface area contributed by atoms with Gasteiger partial charge < -0.3 is 9.47 Å². The number of ether oxygens (including phenoxy) is 2. The van der Waals surface area contributed by atoms with Crippen molar-refractivity contribution in [3.8, 4) is 35.2 Å². The summed E-state index contributed by atoms with van der Waals surface area (Å²) in [5.74, 6) is 11.5. The number of rotatable bonds is 1. The lowest BCUT2D eigenvalue weighted by Crippen LogP contribution is -2.00. The van der Waals surface area contributed by atoms with Gasteiger partial charge in [0.25, 0.3) is 0 Å². The molecule has 1 aromatic carbocycles. The molecule has 0 atom stereocenters. The molecule has 1 aliphatic heterocycles. The molecule has 0 aromatic heterocycles. The van der Waals surface area contributed by atoms with Crippen LogP contribution in [-0.2, 0) is 0 Å². The van der Waals surface area contributed by atoms with Crippen molar-refractivity contribution in [2.24, 2.45) is 0 Å². The van der Waals surface area contributed by atoms with Gasteiger partial charge in [0.2, 0.25) is 5.75 Å². The molecular formula is C14H9NO4. The Bertz CT molecular complexity index is 641. The first-order valence-corrected chi connectivity index (χ1v) is 5.43. The largest absolute Gasteiger partial charge is 0.481 e. The average molecular weight is 255 g/mol. The van der Waals surface area contributed by atoms with E-state index in [4.69, 9.17) is 9.47 Å². The maximum Gasteiger partial charge on any atom is 0.311 e. The molecular weight excluding hydrogens is 246 g/mol. The van der Waals surface area contributed by atoms with Gasteiger partial charge in [-0.1, -0.05) is 23.7 Å². The number of allylic oxidation sites excluding steroid dienone is 2. The van der Waals surface area contributed by atoms with Crippen molar-refractivity contribution in [2.45, 2.75) is 0 Å². The van der Waals surface area contributed by atoms with Crippen molar-refractivity contribution >= 4 is 5.69 Å². The number of nitro groups is 1. The van der Waals surface area contributed by atoms with E-state index in [1.807, 2.05) is 0 Å². The first-order chi connectivity index (χ1) is 9.27. The van der Waals surface area contributed by atoms with Crippen LogP contribution >= 0.6 is 0 Å². The minimum Gasteiger partial charge on any atom is -0.481 e. The highest BCUT2D eigenvalue weighted by molar-refractivity contribution is 5.50. The van der Waals surface area contributed by atoms with E-state index >= 15 is 0 Å². The number of hydrogen-bond donors (Lipinski definition) is 0. The quantitative estimate of drug-likeness (QED) is 0.437. The maximum atomic E-state index is 10.9. The molecule has 2 rings (SSSR count). The lowest BCUT2D eigenvalue weighted by Gasteiger charge is -2.06. The van der Waals surface area contributed by atoms with Gasteiger partial charge in [-0.2, -0.15) is 0 Å².